The van der Waals surface area contributed by atoms with Gasteiger partial charge in [-0.1, -0.05) is 23.7 Å². The third kappa shape index (κ3) is 5.24. The summed E-state index contributed by atoms with van der Waals surface area (Å²) in [7, 11) is -3.23. The number of sulfonamides is 1. The monoisotopic (exact) mass is 338 g/mol. The average molecular weight is 339 g/mol. The SMILES string of the molecule is CCS(=O)(=O)Nc1ccc(NCCc2cccc(Cl)c2)cc1. The van der Waals surface area contributed by atoms with Gasteiger partial charge in [-0.2, -0.15) is 0 Å². The molecule has 0 saturated heterocycles. The topological polar surface area (TPSA) is 58.2 Å². The van der Waals surface area contributed by atoms with Gasteiger partial charge in [0.1, 0.15) is 0 Å². The summed E-state index contributed by atoms with van der Waals surface area (Å²) in [5.41, 5.74) is 2.69. The van der Waals surface area contributed by atoms with Crippen molar-refractivity contribution in [3.8, 4) is 0 Å². The van der Waals surface area contributed by atoms with Crippen LogP contribution in [0.1, 0.15) is 12.5 Å². The van der Waals surface area contributed by atoms with Crippen molar-refractivity contribution in [1.82, 2.24) is 0 Å². The van der Waals surface area contributed by atoms with Crippen molar-refractivity contribution in [2.24, 2.45) is 0 Å². The minimum absolute atomic E-state index is 0.0621. The first kappa shape index (κ1) is 16.6. The van der Waals surface area contributed by atoms with Crippen molar-refractivity contribution >= 4 is 33.0 Å². The van der Waals surface area contributed by atoms with E-state index in [9.17, 15) is 8.42 Å². The summed E-state index contributed by atoms with van der Waals surface area (Å²) in [4.78, 5) is 0. The molecule has 2 N–H and O–H groups in total. The van der Waals surface area contributed by atoms with E-state index in [4.69, 9.17) is 11.6 Å². The highest BCUT2D eigenvalue weighted by Gasteiger charge is 2.06. The Morgan fingerprint density at radius 2 is 1.73 bits per heavy atom. The van der Waals surface area contributed by atoms with Crippen LogP contribution in [0.2, 0.25) is 5.02 Å². The van der Waals surface area contributed by atoms with Crippen molar-refractivity contribution in [3.05, 3.63) is 59.1 Å². The maximum Gasteiger partial charge on any atom is 0.232 e. The van der Waals surface area contributed by atoms with E-state index in [1.54, 1.807) is 19.1 Å². The van der Waals surface area contributed by atoms with Crippen molar-refractivity contribution < 1.29 is 8.42 Å². The standard InChI is InChI=1S/C16H19ClN2O2S/c1-2-22(20,21)19-16-8-6-15(7-9-16)18-11-10-13-4-3-5-14(17)12-13/h3-9,12,18-19H,2,10-11H2,1H3. The molecule has 6 heteroatoms. The highest BCUT2D eigenvalue weighted by molar-refractivity contribution is 7.92. The molecule has 2 aromatic carbocycles. The van der Waals surface area contributed by atoms with Gasteiger partial charge in [-0.05, 0) is 55.3 Å². The third-order valence-electron chi connectivity index (χ3n) is 3.17. The van der Waals surface area contributed by atoms with Gasteiger partial charge in [0.15, 0.2) is 0 Å². The lowest BCUT2D eigenvalue weighted by molar-refractivity contribution is 0.602. The first-order chi connectivity index (χ1) is 10.5. The van der Waals surface area contributed by atoms with Crippen LogP contribution in [0.15, 0.2) is 48.5 Å². The fourth-order valence-corrected chi connectivity index (χ4v) is 2.80. The van der Waals surface area contributed by atoms with Crippen molar-refractivity contribution in [1.29, 1.82) is 0 Å². The molecule has 0 bridgehead atoms. The molecule has 4 nitrogen and oxygen atoms in total. The molecule has 0 aliphatic carbocycles. The van der Waals surface area contributed by atoms with Gasteiger partial charge < -0.3 is 5.32 Å². The minimum Gasteiger partial charge on any atom is -0.385 e. The summed E-state index contributed by atoms with van der Waals surface area (Å²) in [6.45, 7) is 2.38. The number of benzene rings is 2. The molecule has 0 saturated carbocycles. The lowest BCUT2D eigenvalue weighted by Gasteiger charge is -2.09. The van der Waals surface area contributed by atoms with Crippen LogP contribution in [-0.4, -0.2) is 20.7 Å². The smallest absolute Gasteiger partial charge is 0.232 e. The van der Waals surface area contributed by atoms with Crippen molar-refractivity contribution in [2.45, 2.75) is 13.3 Å². The summed E-state index contributed by atoms with van der Waals surface area (Å²) in [5.74, 6) is 0.0621. The van der Waals surface area contributed by atoms with Gasteiger partial charge in [-0.3, -0.25) is 4.72 Å². The Bertz CT molecular complexity index is 715. The van der Waals surface area contributed by atoms with E-state index in [1.165, 1.54) is 5.56 Å². The highest BCUT2D eigenvalue weighted by atomic mass is 35.5. The fraction of sp³-hybridized carbons (Fsp3) is 0.250. The molecule has 0 aromatic heterocycles. The minimum atomic E-state index is -3.23. The molecule has 22 heavy (non-hydrogen) atoms. The zero-order chi connectivity index (χ0) is 16.0. The highest BCUT2D eigenvalue weighted by Crippen LogP contribution is 2.15. The number of hydrogen-bond acceptors (Lipinski definition) is 3. The molecule has 2 rings (SSSR count). The third-order valence-corrected chi connectivity index (χ3v) is 4.71. The van der Waals surface area contributed by atoms with Crippen LogP contribution in [0.4, 0.5) is 11.4 Å². The maximum atomic E-state index is 11.5. The molecule has 0 spiro atoms. The number of hydrogen-bond donors (Lipinski definition) is 2. The predicted octanol–water partition coefficient (Wildman–Crippen LogP) is 3.76. The van der Waals surface area contributed by atoms with Crippen LogP contribution >= 0.6 is 11.6 Å². The zero-order valence-electron chi connectivity index (χ0n) is 12.3. The van der Waals surface area contributed by atoms with E-state index in [0.717, 1.165) is 23.7 Å². The summed E-state index contributed by atoms with van der Waals surface area (Å²) in [6.07, 6.45) is 0.866. The van der Waals surface area contributed by atoms with Gasteiger partial charge in [0.25, 0.3) is 0 Å². The second kappa shape index (κ2) is 7.51. The Morgan fingerprint density at radius 3 is 2.36 bits per heavy atom. The van der Waals surface area contributed by atoms with E-state index in [2.05, 4.69) is 10.0 Å². The van der Waals surface area contributed by atoms with Crippen molar-refractivity contribution in [3.63, 3.8) is 0 Å². The lowest BCUT2D eigenvalue weighted by atomic mass is 10.1. The van der Waals surface area contributed by atoms with Gasteiger partial charge >= 0.3 is 0 Å². The molecule has 0 aliphatic heterocycles. The second-order valence-corrected chi connectivity index (χ2v) is 7.34. The number of nitrogens with one attached hydrogen (secondary N) is 2. The van der Waals surface area contributed by atoms with Gasteiger partial charge in [-0.15, -0.1) is 0 Å². The maximum absolute atomic E-state index is 11.5. The second-order valence-electron chi connectivity index (χ2n) is 4.89. The summed E-state index contributed by atoms with van der Waals surface area (Å²) in [6, 6.07) is 15.0. The van der Waals surface area contributed by atoms with E-state index in [0.29, 0.717) is 5.69 Å². The van der Waals surface area contributed by atoms with Crippen LogP contribution in [0.3, 0.4) is 0 Å². The summed E-state index contributed by atoms with van der Waals surface area (Å²) < 4.78 is 25.5. The molecule has 0 fully saturated rings. The molecule has 0 unspecified atom stereocenters. The van der Waals surface area contributed by atoms with E-state index < -0.39 is 10.0 Å². The predicted molar refractivity (Wildman–Crippen MR) is 93.2 cm³/mol. The molecular formula is C16H19ClN2O2S. The Balaban J connectivity index is 1.86. The normalized spacial score (nSPS) is 11.2. The van der Waals surface area contributed by atoms with E-state index in [-0.39, 0.29) is 5.75 Å². The average Bonchev–Trinajstić information content (AvgIpc) is 2.49. The van der Waals surface area contributed by atoms with Crippen LogP contribution in [-0.2, 0) is 16.4 Å². The Morgan fingerprint density at radius 1 is 1.05 bits per heavy atom. The van der Waals surface area contributed by atoms with Gasteiger partial charge in [0.05, 0.1) is 5.75 Å². The van der Waals surface area contributed by atoms with Gasteiger partial charge in [0.2, 0.25) is 10.0 Å². The molecular weight excluding hydrogens is 320 g/mol. The number of anilines is 2. The number of rotatable bonds is 7. The van der Waals surface area contributed by atoms with Crippen LogP contribution in [0.25, 0.3) is 0 Å². The van der Waals surface area contributed by atoms with Crippen LogP contribution in [0.5, 0.6) is 0 Å². The first-order valence-electron chi connectivity index (χ1n) is 7.07. The number of halogens is 1. The molecule has 0 radical (unpaired) electrons. The zero-order valence-corrected chi connectivity index (χ0v) is 13.9. The van der Waals surface area contributed by atoms with Gasteiger partial charge in [0, 0.05) is 22.9 Å². The Hall–Kier alpha value is -1.72. The molecule has 0 heterocycles. The fourth-order valence-electron chi connectivity index (χ4n) is 1.95. The quantitative estimate of drug-likeness (QED) is 0.808. The first-order valence-corrected chi connectivity index (χ1v) is 9.10. The van der Waals surface area contributed by atoms with Crippen molar-refractivity contribution in [2.75, 3.05) is 22.3 Å². The van der Waals surface area contributed by atoms with E-state index >= 15 is 0 Å². The summed E-state index contributed by atoms with van der Waals surface area (Å²) >= 11 is 5.95. The van der Waals surface area contributed by atoms with Crippen LogP contribution in [0, 0.1) is 0 Å². The Labute approximate surface area is 136 Å². The lowest BCUT2D eigenvalue weighted by Crippen LogP contribution is -2.14. The summed E-state index contributed by atoms with van der Waals surface area (Å²) in [5, 5.41) is 4.04. The largest absolute Gasteiger partial charge is 0.385 e. The van der Waals surface area contributed by atoms with E-state index in [1.807, 2.05) is 36.4 Å². The molecule has 0 atom stereocenters. The molecule has 118 valence electrons. The molecule has 0 aliphatic rings. The molecule has 2 aromatic rings. The molecule has 0 amide bonds. The Kier molecular flexibility index (Phi) is 5.69. The van der Waals surface area contributed by atoms with Crippen LogP contribution < -0.4 is 10.0 Å². The van der Waals surface area contributed by atoms with Gasteiger partial charge in [-0.25, -0.2) is 8.42 Å².